The molecule has 5 heterocycles. The topological polar surface area (TPSA) is 133 Å². The Kier molecular flexibility index (Phi) is 11.2. The lowest BCUT2D eigenvalue weighted by molar-refractivity contribution is 0.645. The molecule has 2 aromatic carbocycles. The van der Waals surface area contributed by atoms with Crippen LogP contribution in [-0.4, -0.2) is 45.2 Å². The number of allylic oxidation sites excluding steroid dienone is 2. The quantitative estimate of drug-likeness (QED) is 0.0911. The Hall–Kier alpha value is -6.30. The summed E-state index contributed by atoms with van der Waals surface area (Å²) in [6.45, 7) is 31.0. The zero-order chi connectivity index (χ0) is 40.4. The first-order valence-corrected chi connectivity index (χ1v) is 20.1. The predicted octanol–water partition coefficient (Wildman–Crippen LogP) is 8.64. The highest BCUT2D eigenvalue weighted by Gasteiger charge is 2.21. The van der Waals surface area contributed by atoms with E-state index in [-0.39, 0.29) is 0 Å². The van der Waals surface area contributed by atoms with Crippen molar-refractivity contribution in [1.82, 2.24) is 44.0 Å². The van der Waals surface area contributed by atoms with Gasteiger partial charge in [0.1, 0.15) is 0 Å². The molecule has 7 rings (SSSR count). The summed E-state index contributed by atoms with van der Waals surface area (Å²) in [5.41, 5.74) is 21.3. The van der Waals surface area contributed by atoms with E-state index in [0.29, 0.717) is 24.7 Å². The molecule has 0 amide bonds. The standard InChI is InChI=1S/C45H56N12/c1-10-47-31(7)37-25-35-19-15-13-14-18-34-24-36(30(6)46)26-38-42(34)54(44(50-38)48-32(8)40-22-28(4)52-56(40)11-2)20-16-17-21-55-43(35)39(27-37)51-45(55)49-33(9)41-23-29(5)53-57(41)12-3/h16-17,22-27,47H,6-15,18-21,46H2,1-5H3,(H,48,50)(H,49,51)/b17-16+. The fourth-order valence-corrected chi connectivity index (χ4v) is 7.94. The number of aromatic nitrogens is 8. The molecule has 12 heteroatoms. The lowest BCUT2D eigenvalue weighted by atomic mass is 9.98. The number of anilines is 2. The summed E-state index contributed by atoms with van der Waals surface area (Å²) < 4.78 is 8.45. The van der Waals surface area contributed by atoms with Crippen LogP contribution in [0.15, 0.2) is 74.9 Å². The molecule has 57 heavy (non-hydrogen) atoms. The molecule has 296 valence electrons. The Balaban J connectivity index is 1.32. The number of hydrogen-bond acceptors (Lipinski definition) is 8. The number of nitrogens with one attached hydrogen (secondary N) is 3. The zero-order valence-electron chi connectivity index (χ0n) is 34.2. The van der Waals surface area contributed by atoms with Crippen LogP contribution < -0.4 is 21.7 Å². The van der Waals surface area contributed by atoms with Crippen LogP contribution >= 0.6 is 0 Å². The first-order chi connectivity index (χ1) is 27.5. The highest BCUT2D eigenvalue weighted by atomic mass is 15.3. The molecule has 5 N–H and O–H groups in total. The Labute approximate surface area is 335 Å². The number of nitrogens with two attached hydrogens (primary N) is 1. The molecule has 0 saturated heterocycles. The van der Waals surface area contributed by atoms with E-state index in [9.17, 15) is 0 Å². The van der Waals surface area contributed by atoms with Crippen LogP contribution in [-0.2, 0) is 39.0 Å². The maximum absolute atomic E-state index is 6.31. The van der Waals surface area contributed by atoms with Crippen molar-refractivity contribution in [2.45, 2.75) is 92.9 Å². The summed E-state index contributed by atoms with van der Waals surface area (Å²) in [5, 5.41) is 19.9. The highest BCUT2D eigenvalue weighted by Crippen LogP contribution is 2.33. The van der Waals surface area contributed by atoms with E-state index in [4.69, 9.17) is 15.7 Å². The fraction of sp³-hybridized carbons (Fsp3) is 0.333. The molecule has 0 radical (unpaired) electrons. The molecular formula is C45H56N12. The van der Waals surface area contributed by atoms with Crippen LogP contribution in [0.1, 0.15) is 85.1 Å². The van der Waals surface area contributed by atoms with E-state index in [2.05, 4.69) is 125 Å². The predicted molar refractivity (Wildman–Crippen MR) is 236 cm³/mol. The van der Waals surface area contributed by atoms with Crippen LogP contribution in [0.3, 0.4) is 0 Å². The first-order valence-electron chi connectivity index (χ1n) is 20.1. The third-order valence-corrected chi connectivity index (χ3v) is 10.6. The molecule has 12 nitrogen and oxygen atoms in total. The third kappa shape index (κ3) is 7.89. The van der Waals surface area contributed by atoms with Gasteiger partial charge in [-0.15, -0.1) is 0 Å². The summed E-state index contributed by atoms with van der Waals surface area (Å²) in [7, 11) is 0. The van der Waals surface area contributed by atoms with Crippen molar-refractivity contribution in [3.8, 4) is 0 Å². The molecule has 1 aliphatic heterocycles. The normalized spacial score (nSPS) is 13.9. The summed E-state index contributed by atoms with van der Waals surface area (Å²) in [5.74, 6) is 1.43. The minimum absolute atomic E-state index is 0.527. The van der Waals surface area contributed by atoms with Crippen LogP contribution in [0.5, 0.6) is 0 Å². The molecule has 4 aromatic heterocycles. The van der Waals surface area contributed by atoms with Gasteiger partial charge in [-0.05, 0) is 119 Å². The van der Waals surface area contributed by atoms with Gasteiger partial charge in [0.2, 0.25) is 11.9 Å². The largest absolute Gasteiger partial charge is 0.399 e. The van der Waals surface area contributed by atoms with Gasteiger partial charge in [-0.2, -0.15) is 10.2 Å². The van der Waals surface area contributed by atoms with E-state index in [1.54, 1.807) is 0 Å². The van der Waals surface area contributed by atoms with Crippen molar-refractivity contribution >= 4 is 56.8 Å². The minimum atomic E-state index is 0.527. The molecule has 6 aromatic rings. The molecule has 0 bridgehead atoms. The molecule has 0 aliphatic carbocycles. The average Bonchev–Trinajstić information content (AvgIpc) is 3.94. The van der Waals surface area contributed by atoms with E-state index in [1.807, 2.05) is 29.3 Å². The number of nitrogens with zero attached hydrogens (tertiary/aromatic N) is 8. The lowest BCUT2D eigenvalue weighted by Crippen LogP contribution is -2.11. The second-order valence-corrected chi connectivity index (χ2v) is 14.8. The second kappa shape index (κ2) is 16.4. The first kappa shape index (κ1) is 39.0. The van der Waals surface area contributed by atoms with Gasteiger partial charge in [0.15, 0.2) is 0 Å². The maximum Gasteiger partial charge on any atom is 0.208 e. The summed E-state index contributed by atoms with van der Waals surface area (Å²) in [6.07, 6.45) is 9.25. The minimum Gasteiger partial charge on any atom is -0.399 e. The van der Waals surface area contributed by atoms with Crippen molar-refractivity contribution in [2.24, 2.45) is 5.73 Å². The summed E-state index contributed by atoms with van der Waals surface area (Å²) in [4.78, 5) is 10.4. The average molecular weight is 765 g/mol. The zero-order valence-corrected chi connectivity index (χ0v) is 34.2. The van der Waals surface area contributed by atoms with Crippen LogP contribution in [0, 0.1) is 13.8 Å². The van der Waals surface area contributed by atoms with E-state index < -0.39 is 0 Å². The van der Waals surface area contributed by atoms with Gasteiger partial charge in [0, 0.05) is 44.1 Å². The summed E-state index contributed by atoms with van der Waals surface area (Å²) in [6, 6.07) is 12.8. The van der Waals surface area contributed by atoms with Crippen molar-refractivity contribution < 1.29 is 0 Å². The monoisotopic (exact) mass is 764 g/mol. The van der Waals surface area contributed by atoms with Crippen molar-refractivity contribution in [2.75, 3.05) is 17.2 Å². The molecule has 0 saturated carbocycles. The van der Waals surface area contributed by atoms with Gasteiger partial charge < -0.3 is 30.8 Å². The molecule has 0 atom stereocenters. The number of rotatable bonds is 12. The van der Waals surface area contributed by atoms with E-state index >= 15 is 0 Å². The summed E-state index contributed by atoms with van der Waals surface area (Å²) >= 11 is 0. The molecular weight excluding hydrogens is 709 g/mol. The van der Waals surface area contributed by atoms with Gasteiger partial charge >= 0.3 is 0 Å². The van der Waals surface area contributed by atoms with Crippen molar-refractivity contribution in [3.05, 3.63) is 120 Å². The van der Waals surface area contributed by atoms with Crippen molar-refractivity contribution in [1.29, 1.82) is 0 Å². The maximum atomic E-state index is 6.31. The van der Waals surface area contributed by atoms with Gasteiger partial charge in [-0.3, -0.25) is 9.36 Å². The Morgan fingerprint density at radius 3 is 1.58 bits per heavy atom. The van der Waals surface area contributed by atoms with Crippen LogP contribution in [0.4, 0.5) is 11.9 Å². The Morgan fingerprint density at radius 2 is 1.12 bits per heavy atom. The van der Waals surface area contributed by atoms with Crippen molar-refractivity contribution in [3.63, 3.8) is 0 Å². The van der Waals surface area contributed by atoms with Gasteiger partial charge in [0.05, 0.1) is 56.2 Å². The second-order valence-electron chi connectivity index (χ2n) is 14.8. The SMILES string of the molecule is C=C(N)c1cc2c3c(c1)nc(NC(=C)c1cc(C)nn1CC)n3C/C=C/Cn1c(NC(=C)c3cc(C)nn3CC)nc3cc(C(=C)NCC)cc(c31)CCCCC2. The van der Waals surface area contributed by atoms with Gasteiger partial charge in [0.25, 0.3) is 0 Å². The van der Waals surface area contributed by atoms with Gasteiger partial charge in [-0.25, -0.2) is 9.97 Å². The fourth-order valence-electron chi connectivity index (χ4n) is 7.94. The van der Waals surface area contributed by atoms with E-state index in [1.165, 1.54) is 11.1 Å². The van der Waals surface area contributed by atoms with E-state index in [0.717, 1.165) is 131 Å². The number of imidazole rings is 2. The molecule has 0 unspecified atom stereocenters. The Morgan fingerprint density at radius 1 is 0.649 bits per heavy atom. The number of benzene rings is 2. The van der Waals surface area contributed by atoms with Gasteiger partial charge in [-0.1, -0.05) is 44.9 Å². The smallest absolute Gasteiger partial charge is 0.208 e. The molecule has 1 aliphatic rings. The van der Waals surface area contributed by atoms with Crippen LogP contribution in [0.2, 0.25) is 0 Å². The lowest BCUT2D eigenvalue weighted by Gasteiger charge is -2.15. The highest BCUT2D eigenvalue weighted by molar-refractivity contribution is 5.89. The number of hydrogen-bond donors (Lipinski definition) is 4. The third-order valence-electron chi connectivity index (χ3n) is 10.6. The number of aryl methyl sites for hydroxylation is 6. The molecule has 0 fully saturated rings. The molecule has 0 spiro atoms. The van der Waals surface area contributed by atoms with Crippen LogP contribution in [0.25, 0.3) is 44.9 Å². The Bertz CT molecular complexity index is 2550.